The van der Waals surface area contributed by atoms with Crippen LogP contribution in [0.4, 0.5) is 0 Å². The maximum atomic E-state index is 11.7. The predicted molar refractivity (Wildman–Crippen MR) is 46.9 cm³/mol. The molecular formula is C9H14N2O2. The van der Waals surface area contributed by atoms with Gasteiger partial charge >= 0.3 is 0 Å². The zero-order chi connectivity index (χ0) is 9.64. The van der Waals surface area contributed by atoms with Crippen molar-refractivity contribution in [3.05, 3.63) is 0 Å². The summed E-state index contributed by atoms with van der Waals surface area (Å²) in [5.41, 5.74) is -0.479. The Morgan fingerprint density at radius 2 is 2.00 bits per heavy atom. The van der Waals surface area contributed by atoms with E-state index in [9.17, 15) is 9.59 Å². The molecule has 0 radical (unpaired) electrons. The minimum atomic E-state index is -0.479. The van der Waals surface area contributed by atoms with Crippen LogP contribution in [-0.4, -0.2) is 35.8 Å². The van der Waals surface area contributed by atoms with Crippen molar-refractivity contribution in [3.8, 4) is 0 Å². The third-order valence-electron chi connectivity index (χ3n) is 2.78. The van der Waals surface area contributed by atoms with Crippen molar-refractivity contribution in [3.63, 3.8) is 0 Å². The Kier molecular flexibility index (Phi) is 1.70. The molecule has 4 nitrogen and oxygen atoms in total. The van der Waals surface area contributed by atoms with Crippen molar-refractivity contribution in [2.75, 3.05) is 13.1 Å². The number of carbonyl (C=O) groups excluding carboxylic acids is 2. The maximum absolute atomic E-state index is 11.7. The summed E-state index contributed by atoms with van der Waals surface area (Å²) in [5.74, 6) is -0.0227. The summed E-state index contributed by atoms with van der Waals surface area (Å²) in [6.07, 6.45) is 0.363. The van der Waals surface area contributed by atoms with Gasteiger partial charge in [-0.1, -0.05) is 13.8 Å². The summed E-state index contributed by atoms with van der Waals surface area (Å²) in [4.78, 5) is 24.7. The minimum Gasteiger partial charge on any atom is -0.313 e. The van der Waals surface area contributed by atoms with Crippen LogP contribution in [-0.2, 0) is 9.59 Å². The van der Waals surface area contributed by atoms with Crippen LogP contribution in [0.5, 0.6) is 0 Å². The van der Waals surface area contributed by atoms with Gasteiger partial charge in [0, 0.05) is 19.5 Å². The average molecular weight is 182 g/mol. The Bertz CT molecular complexity index is 269. The van der Waals surface area contributed by atoms with Gasteiger partial charge in [0.1, 0.15) is 0 Å². The molecule has 4 heteroatoms. The number of amides is 2. The third kappa shape index (κ3) is 1.16. The van der Waals surface area contributed by atoms with E-state index in [4.69, 9.17) is 0 Å². The Balaban J connectivity index is 2.19. The highest BCUT2D eigenvalue weighted by molar-refractivity contribution is 6.05. The van der Waals surface area contributed by atoms with Gasteiger partial charge in [0.25, 0.3) is 0 Å². The number of likely N-dealkylation sites (tertiary alicyclic amines) is 1. The molecule has 0 aromatic rings. The van der Waals surface area contributed by atoms with Crippen LogP contribution < -0.4 is 5.32 Å². The smallest absolute Gasteiger partial charge is 0.235 e. The fourth-order valence-electron chi connectivity index (χ4n) is 1.80. The molecule has 0 unspecified atom stereocenters. The number of hydrogen-bond acceptors (Lipinski definition) is 3. The molecule has 0 atom stereocenters. The van der Waals surface area contributed by atoms with E-state index in [0.717, 1.165) is 13.1 Å². The standard InChI is InChI=1S/C9H14N2O2/c1-9(2)3-7(12)11(8(9)13)6-4-10-5-6/h6,10H,3-5H2,1-2H3. The number of imide groups is 1. The molecule has 2 aliphatic rings. The molecule has 0 aromatic heterocycles. The first-order chi connectivity index (χ1) is 6.02. The molecule has 2 heterocycles. The van der Waals surface area contributed by atoms with Crippen molar-refractivity contribution in [1.29, 1.82) is 0 Å². The maximum Gasteiger partial charge on any atom is 0.235 e. The Hall–Kier alpha value is -0.900. The molecule has 0 aliphatic carbocycles. The van der Waals surface area contributed by atoms with Gasteiger partial charge in [-0.2, -0.15) is 0 Å². The van der Waals surface area contributed by atoms with E-state index in [-0.39, 0.29) is 17.9 Å². The van der Waals surface area contributed by atoms with Gasteiger partial charge in [-0.25, -0.2) is 0 Å². The Morgan fingerprint density at radius 3 is 2.31 bits per heavy atom. The molecule has 13 heavy (non-hydrogen) atoms. The molecule has 2 amide bonds. The van der Waals surface area contributed by atoms with Crippen molar-refractivity contribution in [1.82, 2.24) is 10.2 Å². The van der Waals surface area contributed by atoms with Crippen LogP contribution in [0.3, 0.4) is 0 Å². The highest BCUT2D eigenvalue weighted by Crippen LogP contribution is 2.33. The van der Waals surface area contributed by atoms with Gasteiger partial charge in [0.05, 0.1) is 11.5 Å². The third-order valence-corrected chi connectivity index (χ3v) is 2.78. The van der Waals surface area contributed by atoms with Crippen LogP contribution >= 0.6 is 0 Å². The first-order valence-corrected chi connectivity index (χ1v) is 4.59. The van der Waals surface area contributed by atoms with E-state index >= 15 is 0 Å². The van der Waals surface area contributed by atoms with Gasteiger partial charge in [-0.15, -0.1) is 0 Å². The molecule has 2 rings (SSSR count). The van der Waals surface area contributed by atoms with Gasteiger partial charge in [-0.05, 0) is 0 Å². The summed E-state index contributed by atoms with van der Waals surface area (Å²) < 4.78 is 0. The van der Waals surface area contributed by atoms with E-state index in [1.54, 1.807) is 0 Å². The highest BCUT2D eigenvalue weighted by atomic mass is 16.2. The molecule has 0 spiro atoms. The van der Waals surface area contributed by atoms with Crippen LogP contribution in [0.15, 0.2) is 0 Å². The largest absolute Gasteiger partial charge is 0.313 e. The zero-order valence-electron chi connectivity index (χ0n) is 7.96. The second kappa shape index (κ2) is 2.54. The van der Waals surface area contributed by atoms with Crippen LogP contribution in [0.25, 0.3) is 0 Å². The molecular weight excluding hydrogens is 168 g/mol. The molecule has 0 bridgehead atoms. The van der Waals surface area contributed by atoms with E-state index in [1.807, 2.05) is 13.8 Å². The van der Waals surface area contributed by atoms with Gasteiger partial charge in [0.15, 0.2) is 0 Å². The Morgan fingerprint density at radius 1 is 1.38 bits per heavy atom. The normalized spacial score (nSPS) is 28.0. The summed E-state index contributed by atoms with van der Waals surface area (Å²) in [6, 6.07) is 0.113. The highest BCUT2D eigenvalue weighted by Gasteiger charge is 2.48. The van der Waals surface area contributed by atoms with E-state index in [2.05, 4.69) is 5.32 Å². The SMILES string of the molecule is CC1(C)CC(=O)N(C2CNC2)C1=O. The summed E-state index contributed by atoms with van der Waals surface area (Å²) in [7, 11) is 0. The van der Waals surface area contributed by atoms with Crippen molar-refractivity contribution in [2.24, 2.45) is 5.41 Å². The summed E-state index contributed by atoms with van der Waals surface area (Å²) >= 11 is 0. The van der Waals surface area contributed by atoms with Gasteiger partial charge in [-0.3, -0.25) is 14.5 Å². The summed E-state index contributed by atoms with van der Waals surface area (Å²) in [5, 5.41) is 3.06. The number of rotatable bonds is 1. The van der Waals surface area contributed by atoms with E-state index in [0.29, 0.717) is 6.42 Å². The summed E-state index contributed by atoms with van der Waals surface area (Å²) in [6.45, 7) is 5.18. The van der Waals surface area contributed by atoms with Crippen LogP contribution in [0.1, 0.15) is 20.3 Å². The lowest BCUT2D eigenvalue weighted by Crippen LogP contribution is -2.59. The van der Waals surface area contributed by atoms with Gasteiger partial charge in [0.2, 0.25) is 11.8 Å². The lowest BCUT2D eigenvalue weighted by Gasteiger charge is -2.34. The molecule has 0 saturated carbocycles. The fraction of sp³-hybridized carbons (Fsp3) is 0.778. The topological polar surface area (TPSA) is 49.4 Å². The monoisotopic (exact) mass is 182 g/mol. The minimum absolute atomic E-state index is 0.0102. The number of nitrogens with zero attached hydrogens (tertiary/aromatic N) is 1. The lowest BCUT2D eigenvalue weighted by atomic mass is 9.92. The molecule has 72 valence electrons. The number of carbonyl (C=O) groups is 2. The zero-order valence-corrected chi connectivity index (χ0v) is 7.96. The molecule has 0 aromatic carbocycles. The Labute approximate surface area is 77.3 Å². The van der Waals surface area contributed by atoms with Crippen LogP contribution in [0, 0.1) is 5.41 Å². The number of nitrogens with one attached hydrogen (secondary N) is 1. The van der Waals surface area contributed by atoms with Crippen LogP contribution in [0.2, 0.25) is 0 Å². The van der Waals surface area contributed by atoms with Crippen molar-refractivity contribution >= 4 is 11.8 Å². The fourth-order valence-corrected chi connectivity index (χ4v) is 1.80. The van der Waals surface area contributed by atoms with Crippen molar-refractivity contribution in [2.45, 2.75) is 26.3 Å². The predicted octanol–water partition coefficient (Wildman–Crippen LogP) is -0.257. The second-order valence-electron chi connectivity index (χ2n) is 4.44. The molecule has 2 aliphatic heterocycles. The average Bonchev–Trinajstić information content (AvgIpc) is 2.08. The molecule has 1 N–H and O–H groups in total. The van der Waals surface area contributed by atoms with Crippen molar-refractivity contribution < 1.29 is 9.59 Å². The van der Waals surface area contributed by atoms with E-state index < -0.39 is 5.41 Å². The first kappa shape index (κ1) is 8.69. The number of hydrogen-bond donors (Lipinski definition) is 1. The molecule has 2 fully saturated rings. The lowest BCUT2D eigenvalue weighted by molar-refractivity contribution is -0.144. The quantitative estimate of drug-likeness (QED) is 0.568. The molecule has 2 saturated heterocycles. The second-order valence-corrected chi connectivity index (χ2v) is 4.44. The van der Waals surface area contributed by atoms with Gasteiger partial charge < -0.3 is 5.32 Å². The first-order valence-electron chi connectivity index (χ1n) is 4.59. The van der Waals surface area contributed by atoms with E-state index in [1.165, 1.54) is 4.90 Å².